The minimum atomic E-state index is -1.71. The smallest absolute Gasteiger partial charge is 0.346 e. The summed E-state index contributed by atoms with van der Waals surface area (Å²) in [7, 11) is 0. The van der Waals surface area contributed by atoms with E-state index < -0.39 is 90.0 Å². The van der Waals surface area contributed by atoms with Crippen LogP contribution in [0.25, 0.3) is 21.5 Å². The Bertz CT molecular complexity index is 1780. The van der Waals surface area contributed by atoms with Crippen LogP contribution in [-0.2, 0) is 4.74 Å². The highest BCUT2D eigenvalue weighted by molar-refractivity contribution is 6.40. The number of rotatable bonds is 6. The third-order valence-electron chi connectivity index (χ3n) is 5.79. The molecule has 0 bridgehead atoms. The maximum atomic E-state index is 13.2. The van der Waals surface area contributed by atoms with Gasteiger partial charge in [-0.2, -0.15) is 0 Å². The number of hydrogen-bond donors (Lipinski definition) is 4. The molecule has 208 valence electrons. The second kappa shape index (κ2) is 10.9. The first-order valence-electron chi connectivity index (χ1n) is 10.7. The van der Waals surface area contributed by atoms with E-state index in [-0.39, 0.29) is 20.8 Å². The standard InChI is InChI=1S/C26H10Cl4O11/c27-9-1-7-3-13(21(31)32)19(29)17(23(35)36)15(7)11(5-9)25(39)41-26(40)12-6-10(28)2-8-4-14(22(33)34)20(30)18(16(8)12)24(37)38/h1-6H,(H,31,32)(H,33,34)(H,35,36)(H,37,38). The first-order valence-corrected chi connectivity index (χ1v) is 12.3. The molecule has 4 aromatic carbocycles. The maximum Gasteiger partial charge on any atom is 0.346 e. The molecule has 4 rings (SSSR count). The van der Waals surface area contributed by atoms with Crippen LogP contribution >= 0.6 is 46.4 Å². The fourth-order valence-corrected chi connectivity index (χ4v) is 5.27. The van der Waals surface area contributed by atoms with Crippen molar-refractivity contribution in [3.8, 4) is 0 Å². The first kappa shape index (κ1) is 29.6. The van der Waals surface area contributed by atoms with Gasteiger partial charge in [0.15, 0.2) is 0 Å². The molecule has 0 amide bonds. The average Bonchev–Trinajstić information content (AvgIpc) is 2.86. The minimum Gasteiger partial charge on any atom is -0.478 e. The number of carboxylic acids is 4. The molecule has 11 nitrogen and oxygen atoms in total. The summed E-state index contributed by atoms with van der Waals surface area (Å²) in [6, 6.07) is 6.19. The second-order valence-corrected chi connectivity index (χ2v) is 9.86. The van der Waals surface area contributed by atoms with Crippen molar-refractivity contribution in [1.29, 1.82) is 0 Å². The Morgan fingerprint density at radius 1 is 0.488 bits per heavy atom. The van der Waals surface area contributed by atoms with Gasteiger partial charge in [-0.3, -0.25) is 0 Å². The highest BCUT2D eigenvalue weighted by Gasteiger charge is 2.30. The zero-order valence-corrected chi connectivity index (χ0v) is 22.6. The van der Waals surface area contributed by atoms with Crippen LogP contribution in [0.15, 0.2) is 36.4 Å². The molecule has 0 unspecified atom stereocenters. The lowest BCUT2D eigenvalue weighted by atomic mass is 9.95. The van der Waals surface area contributed by atoms with Crippen LogP contribution in [0.5, 0.6) is 0 Å². The van der Waals surface area contributed by atoms with Crippen LogP contribution in [0.2, 0.25) is 20.1 Å². The molecule has 0 aliphatic heterocycles. The summed E-state index contributed by atoms with van der Waals surface area (Å²) in [5.74, 6) is -9.48. The van der Waals surface area contributed by atoms with Crippen molar-refractivity contribution in [2.45, 2.75) is 0 Å². The Kier molecular flexibility index (Phi) is 7.83. The summed E-state index contributed by atoms with van der Waals surface area (Å²) in [4.78, 5) is 73.8. The van der Waals surface area contributed by atoms with Gasteiger partial charge in [0.25, 0.3) is 0 Å². The van der Waals surface area contributed by atoms with Crippen LogP contribution in [0.1, 0.15) is 62.1 Å². The van der Waals surface area contributed by atoms with Crippen LogP contribution < -0.4 is 0 Å². The van der Waals surface area contributed by atoms with Crippen molar-refractivity contribution in [2.24, 2.45) is 0 Å². The number of benzene rings is 4. The molecule has 4 aromatic rings. The van der Waals surface area contributed by atoms with Crippen molar-refractivity contribution in [1.82, 2.24) is 0 Å². The normalized spacial score (nSPS) is 10.9. The summed E-state index contributed by atoms with van der Waals surface area (Å²) in [6.07, 6.45) is 0. The summed E-state index contributed by atoms with van der Waals surface area (Å²) >= 11 is 24.2. The average molecular weight is 640 g/mol. The first-order chi connectivity index (χ1) is 19.1. The van der Waals surface area contributed by atoms with Gasteiger partial charge in [0.1, 0.15) is 0 Å². The Balaban J connectivity index is 1.94. The molecule has 0 saturated carbocycles. The van der Waals surface area contributed by atoms with Crippen molar-refractivity contribution >= 4 is 104 Å². The number of esters is 2. The molecule has 0 atom stereocenters. The Labute approximate surface area is 247 Å². The molecule has 41 heavy (non-hydrogen) atoms. The second-order valence-electron chi connectivity index (χ2n) is 8.23. The lowest BCUT2D eigenvalue weighted by molar-refractivity contribution is 0.0399. The van der Waals surface area contributed by atoms with Gasteiger partial charge in [-0.15, -0.1) is 0 Å². The fourth-order valence-electron chi connectivity index (χ4n) is 4.20. The largest absolute Gasteiger partial charge is 0.478 e. The highest BCUT2D eigenvalue weighted by atomic mass is 35.5. The van der Waals surface area contributed by atoms with Crippen LogP contribution in [0.3, 0.4) is 0 Å². The van der Waals surface area contributed by atoms with E-state index in [0.717, 1.165) is 36.4 Å². The highest BCUT2D eigenvalue weighted by Crippen LogP contribution is 2.37. The SMILES string of the molecule is O=C(O)c1cc2cc(Cl)cc(C(=O)OC(=O)c3cc(Cl)cc4cc(C(=O)O)c(Cl)c(C(=O)O)c34)c2c(C(=O)O)c1Cl. The molecule has 0 fully saturated rings. The summed E-state index contributed by atoms with van der Waals surface area (Å²) in [5, 5.41) is 35.6. The Morgan fingerprint density at radius 3 is 1.12 bits per heavy atom. The minimum absolute atomic E-state index is 0.134. The predicted octanol–water partition coefficient (Wildman–Crippen LogP) is 6.40. The third-order valence-corrected chi connectivity index (χ3v) is 7.01. The van der Waals surface area contributed by atoms with Crippen LogP contribution in [-0.4, -0.2) is 56.2 Å². The summed E-state index contributed by atoms with van der Waals surface area (Å²) < 4.78 is 4.95. The molecule has 0 spiro atoms. The van der Waals surface area contributed by atoms with Gasteiger partial charge in [0.05, 0.1) is 43.4 Å². The number of halogens is 4. The molecule has 4 N–H and O–H groups in total. The zero-order chi connectivity index (χ0) is 30.5. The van der Waals surface area contributed by atoms with Crippen molar-refractivity contribution in [2.75, 3.05) is 0 Å². The topological polar surface area (TPSA) is 193 Å². The maximum absolute atomic E-state index is 13.2. The van der Waals surface area contributed by atoms with E-state index >= 15 is 0 Å². The number of carbonyl (C=O) groups is 6. The fraction of sp³-hybridized carbons (Fsp3) is 0. The molecular weight excluding hydrogens is 630 g/mol. The van der Waals surface area contributed by atoms with E-state index in [4.69, 9.17) is 51.1 Å². The quantitative estimate of drug-likeness (QED) is 0.135. The zero-order valence-electron chi connectivity index (χ0n) is 19.6. The van der Waals surface area contributed by atoms with Gasteiger partial charge < -0.3 is 25.2 Å². The number of aromatic carboxylic acids is 4. The lowest BCUT2D eigenvalue weighted by Crippen LogP contribution is -2.16. The van der Waals surface area contributed by atoms with Gasteiger partial charge in [-0.1, -0.05) is 46.4 Å². The van der Waals surface area contributed by atoms with Crippen LogP contribution in [0.4, 0.5) is 0 Å². The van der Waals surface area contributed by atoms with Gasteiger partial charge in [-0.25, -0.2) is 28.8 Å². The van der Waals surface area contributed by atoms with Crippen LogP contribution in [0, 0.1) is 0 Å². The van der Waals surface area contributed by atoms with Crippen molar-refractivity contribution < 1.29 is 53.9 Å². The van der Waals surface area contributed by atoms with E-state index in [2.05, 4.69) is 0 Å². The number of carbonyl (C=O) groups excluding carboxylic acids is 2. The number of hydrogen-bond acceptors (Lipinski definition) is 7. The molecule has 0 radical (unpaired) electrons. The molecule has 0 heterocycles. The van der Waals surface area contributed by atoms with Gasteiger partial charge in [-0.05, 0) is 47.2 Å². The van der Waals surface area contributed by atoms with Gasteiger partial charge in [0.2, 0.25) is 0 Å². The number of fused-ring (bicyclic) bond motifs is 2. The number of carboxylic acid groups (broad SMARTS) is 4. The summed E-state index contributed by atoms with van der Waals surface area (Å²) in [6.45, 7) is 0. The Hall–Kier alpha value is -4.42. The molecule has 0 aromatic heterocycles. The van der Waals surface area contributed by atoms with E-state index in [1.54, 1.807) is 0 Å². The molecule has 15 heteroatoms. The van der Waals surface area contributed by atoms with E-state index in [0.29, 0.717) is 0 Å². The predicted molar refractivity (Wildman–Crippen MR) is 146 cm³/mol. The van der Waals surface area contributed by atoms with E-state index in [9.17, 15) is 49.2 Å². The van der Waals surface area contributed by atoms with Gasteiger partial charge in [0, 0.05) is 20.8 Å². The lowest BCUT2D eigenvalue weighted by Gasteiger charge is -2.15. The molecule has 0 saturated heterocycles. The molecule has 0 aliphatic carbocycles. The van der Waals surface area contributed by atoms with Crippen molar-refractivity contribution in [3.05, 3.63) is 89.9 Å². The summed E-state index contributed by atoms with van der Waals surface area (Å²) in [5.41, 5.74) is -3.95. The number of ether oxygens (including phenoxy) is 1. The van der Waals surface area contributed by atoms with E-state index in [1.807, 2.05) is 0 Å². The van der Waals surface area contributed by atoms with Gasteiger partial charge >= 0.3 is 35.8 Å². The van der Waals surface area contributed by atoms with E-state index in [1.165, 1.54) is 0 Å². The molecular formula is C26H10Cl4O11. The van der Waals surface area contributed by atoms with Crippen molar-refractivity contribution in [3.63, 3.8) is 0 Å². The Morgan fingerprint density at radius 2 is 0.829 bits per heavy atom. The molecule has 0 aliphatic rings. The third kappa shape index (κ3) is 5.23. The monoisotopic (exact) mass is 638 g/mol.